The Labute approximate surface area is 89.1 Å². The molecule has 0 fully saturated rings. The monoisotopic (exact) mass is 227 g/mol. The second-order valence-electron chi connectivity index (χ2n) is 3.31. The number of sulfonamides is 1. The van der Waals surface area contributed by atoms with Gasteiger partial charge in [-0.25, -0.2) is 23.5 Å². The summed E-state index contributed by atoms with van der Waals surface area (Å²) in [6.45, 7) is 4.92. The Morgan fingerprint density at radius 2 is 1.73 bits per heavy atom. The lowest BCUT2D eigenvalue weighted by Crippen LogP contribution is -2.14. The molecule has 0 aliphatic rings. The smallest absolute Gasteiger partial charge is 0.234 e. The van der Waals surface area contributed by atoms with E-state index in [1.807, 2.05) is 6.92 Å². The first-order valence-electron chi connectivity index (χ1n) is 4.31. The molecule has 0 saturated carbocycles. The summed E-state index contributed by atoms with van der Waals surface area (Å²) in [4.78, 5) is 8.14. The molecular weight excluding hydrogens is 214 g/mol. The zero-order chi connectivity index (χ0) is 11.6. The summed E-state index contributed by atoms with van der Waals surface area (Å²) in [6, 6.07) is 0. The number of nitrogens with zero attached hydrogens (tertiary/aromatic N) is 2. The minimum absolute atomic E-state index is 0.0892. The number of aryl methyl sites for hydroxylation is 1. The van der Waals surface area contributed by atoms with Crippen LogP contribution in [-0.4, -0.2) is 18.4 Å². The van der Waals surface area contributed by atoms with Crippen molar-refractivity contribution < 1.29 is 8.42 Å². The van der Waals surface area contributed by atoms with Gasteiger partial charge in [-0.3, -0.25) is 0 Å². The molecule has 0 unspecified atom stereocenters. The van der Waals surface area contributed by atoms with Crippen molar-refractivity contribution in [2.24, 2.45) is 5.14 Å². The Bertz CT molecular complexity index is 489. The van der Waals surface area contributed by atoms with Crippen LogP contribution in [0, 0.1) is 6.92 Å². The predicted octanol–water partition coefficient (Wildman–Crippen LogP) is 0.824. The van der Waals surface area contributed by atoms with Gasteiger partial charge >= 0.3 is 0 Å². The molecular formula is C9H13N3O2S. The maximum atomic E-state index is 11.1. The molecule has 5 nitrogen and oxygen atoms in total. The maximum absolute atomic E-state index is 11.1. The fraction of sp³-hybridized carbons (Fsp3) is 0.333. The minimum Gasteiger partial charge on any atom is -0.237 e. The quantitative estimate of drug-likeness (QED) is 0.810. The molecule has 6 heteroatoms. The van der Waals surface area contributed by atoms with E-state index < -0.39 is 10.0 Å². The summed E-state index contributed by atoms with van der Waals surface area (Å²) in [7, 11) is -3.66. The summed E-state index contributed by atoms with van der Waals surface area (Å²) < 4.78 is 22.2. The van der Waals surface area contributed by atoms with Crippen molar-refractivity contribution in [2.45, 2.75) is 20.8 Å². The molecule has 0 spiro atoms. The van der Waals surface area contributed by atoms with E-state index in [1.165, 1.54) is 6.92 Å². The van der Waals surface area contributed by atoms with Crippen molar-refractivity contribution >= 4 is 15.6 Å². The highest BCUT2D eigenvalue weighted by Crippen LogP contribution is 2.16. The Kier molecular flexibility index (Phi) is 3.21. The highest BCUT2D eigenvalue weighted by molar-refractivity contribution is 7.93. The first kappa shape index (κ1) is 11.8. The molecule has 1 aromatic heterocycles. The lowest BCUT2D eigenvalue weighted by atomic mass is 10.2. The van der Waals surface area contributed by atoms with E-state index in [4.69, 9.17) is 5.14 Å². The minimum atomic E-state index is -3.66. The molecule has 0 bridgehead atoms. The zero-order valence-electron chi connectivity index (χ0n) is 8.85. The standard InChI is InChI=1S/C9H13N3O2S/c1-6-4-11-9(12-5-6)7(2)8(3)15(10,13)14/h4-5H,1-3H3,(H2,10,13,14)/b8-7-. The summed E-state index contributed by atoms with van der Waals surface area (Å²) in [5.74, 6) is 0.382. The fourth-order valence-electron chi connectivity index (χ4n) is 0.957. The molecule has 0 saturated heterocycles. The van der Waals surface area contributed by atoms with Gasteiger partial charge in [0.1, 0.15) is 0 Å². The van der Waals surface area contributed by atoms with Gasteiger partial charge in [0.2, 0.25) is 10.0 Å². The molecule has 82 valence electrons. The van der Waals surface area contributed by atoms with Gasteiger partial charge in [-0.2, -0.15) is 0 Å². The Morgan fingerprint density at radius 1 is 1.27 bits per heavy atom. The van der Waals surface area contributed by atoms with Gasteiger partial charge < -0.3 is 0 Å². The predicted molar refractivity (Wildman–Crippen MR) is 58.1 cm³/mol. The molecule has 0 aliphatic heterocycles. The molecule has 1 aromatic rings. The number of allylic oxidation sites excluding steroid dienone is 2. The largest absolute Gasteiger partial charge is 0.237 e. The molecule has 0 aromatic carbocycles. The van der Waals surface area contributed by atoms with Crippen LogP contribution >= 0.6 is 0 Å². The molecule has 0 amide bonds. The number of nitrogens with two attached hydrogens (primary N) is 1. The van der Waals surface area contributed by atoms with Crippen molar-refractivity contribution in [2.75, 3.05) is 0 Å². The van der Waals surface area contributed by atoms with Crippen LogP contribution < -0.4 is 5.14 Å². The second kappa shape index (κ2) is 4.08. The van der Waals surface area contributed by atoms with E-state index in [9.17, 15) is 8.42 Å². The third-order valence-electron chi connectivity index (χ3n) is 2.07. The average molecular weight is 227 g/mol. The van der Waals surface area contributed by atoms with Crippen molar-refractivity contribution in [1.82, 2.24) is 9.97 Å². The van der Waals surface area contributed by atoms with Gasteiger partial charge in [-0.15, -0.1) is 0 Å². The van der Waals surface area contributed by atoms with Gasteiger partial charge in [-0.1, -0.05) is 0 Å². The molecule has 2 N–H and O–H groups in total. The van der Waals surface area contributed by atoms with E-state index >= 15 is 0 Å². The van der Waals surface area contributed by atoms with Crippen molar-refractivity contribution in [1.29, 1.82) is 0 Å². The first-order chi connectivity index (χ1) is 6.82. The molecule has 15 heavy (non-hydrogen) atoms. The highest BCUT2D eigenvalue weighted by Gasteiger charge is 2.12. The summed E-state index contributed by atoms with van der Waals surface area (Å²) >= 11 is 0. The molecule has 0 atom stereocenters. The van der Waals surface area contributed by atoms with Crippen LogP contribution in [0.4, 0.5) is 0 Å². The SMILES string of the molecule is C/C(=C(\C)S(N)(=O)=O)c1ncc(C)cn1. The van der Waals surface area contributed by atoms with E-state index in [0.29, 0.717) is 11.4 Å². The van der Waals surface area contributed by atoms with E-state index in [0.717, 1.165) is 5.56 Å². The molecule has 0 radical (unpaired) electrons. The highest BCUT2D eigenvalue weighted by atomic mass is 32.2. The zero-order valence-corrected chi connectivity index (χ0v) is 9.67. The van der Waals surface area contributed by atoms with Crippen LogP contribution in [0.5, 0.6) is 0 Å². The number of primary sulfonamides is 1. The van der Waals surface area contributed by atoms with E-state index in [2.05, 4.69) is 9.97 Å². The van der Waals surface area contributed by atoms with Crippen LogP contribution in [0.15, 0.2) is 17.3 Å². The summed E-state index contributed by atoms with van der Waals surface area (Å²) in [5.41, 5.74) is 1.39. The average Bonchev–Trinajstić information content (AvgIpc) is 2.15. The lowest BCUT2D eigenvalue weighted by molar-refractivity contribution is 0.603. The number of hydrogen-bond donors (Lipinski definition) is 1. The van der Waals surface area contributed by atoms with Crippen molar-refractivity contribution in [3.8, 4) is 0 Å². The normalized spacial score (nSPS) is 13.6. The summed E-state index contributed by atoms with van der Waals surface area (Å²) in [6.07, 6.45) is 3.25. The first-order valence-corrected chi connectivity index (χ1v) is 5.86. The van der Waals surface area contributed by atoms with Crippen molar-refractivity contribution in [3.63, 3.8) is 0 Å². The van der Waals surface area contributed by atoms with Crippen LogP contribution in [0.25, 0.3) is 5.57 Å². The molecule has 0 aliphatic carbocycles. The van der Waals surface area contributed by atoms with Crippen molar-refractivity contribution in [3.05, 3.63) is 28.7 Å². The van der Waals surface area contributed by atoms with Crippen LogP contribution in [0.1, 0.15) is 25.2 Å². The third kappa shape index (κ3) is 2.84. The number of rotatable bonds is 2. The topological polar surface area (TPSA) is 85.9 Å². The van der Waals surface area contributed by atoms with Crippen LogP contribution in [0.3, 0.4) is 0 Å². The summed E-state index contributed by atoms with van der Waals surface area (Å²) in [5, 5.41) is 5.01. The third-order valence-corrected chi connectivity index (χ3v) is 3.23. The van der Waals surface area contributed by atoms with E-state index in [-0.39, 0.29) is 4.91 Å². The molecule has 1 rings (SSSR count). The number of aromatic nitrogens is 2. The Morgan fingerprint density at radius 3 is 2.13 bits per heavy atom. The Hall–Kier alpha value is -1.27. The van der Waals surface area contributed by atoms with Crippen LogP contribution in [-0.2, 0) is 10.0 Å². The van der Waals surface area contributed by atoms with Gasteiger partial charge in [0, 0.05) is 18.0 Å². The van der Waals surface area contributed by atoms with Gasteiger partial charge in [-0.05, 0) is 26.3 Å². The van der Waals surface area contributed by atoms with Crippen LogP contribution in [0.2, 0.25) is 0 Å². The molecule has 1 heterocycles. The van der Waals surface area contributed by atoms with E-state index in [1.54, 1.807) is 19.3 Å². The lowest BCUT2D eigenvalue weighted by Gasteiger charge is -2.04. The second-order valence-corrected chi connectivity index (χ2v) is 5.01. The van der Waals surface area contributed by atoms with Gasteiger partial charge in [0.05, 0.1) is 4.91 Å². The fourth-order valence-corrected chi connectivity index (χ4v) is 1.48. The maximum Gasteiger partial charge on any atom is 0.234 e. The Balaban J connectivity index is 3.25. The number of hydrogen-bond acceptors (Lipinski definition) is 4. The van der Waals surface area contributed by atoms with Gasteiger partial charge in [0.15, 0.2) is 5.82 Å². The van der Waals surface area contributed by atoms with Gasteiger partial charge in [0.25, 0.3) is 0 Å².